The lowest BCUT2D eigenvalue weighted by atomic mass is 9.89. The van der Waals surface area contributed by atoms with Crippen molar-refractivity contribution in [2.24, 2.45) is 0 Å². The number of halogens is 2. The summed E-state index contributed by atoms with van der Waals surface area (Å²) in [5.74, 6) is 0.279. The number of alkyl halides is 1. The first-order valence-corrected chi connectivity index (χ1v) is 6.46. The SMILES string of the molecule is Cl.O=S1(=O)CCC2(CC1)NCCC2F. The van der Waals surface area contributed by atoms with Gasteiger partial charge in [-0.25, -0.2) is 12.8 Å². The molecule has 0 amide bonds. The molecule has 14 heavy (non-hydrogen) atoms. The largest absolute Gasteiger partial charge is 0.308 e. The van der Waals surface area contributed by atoms with Crippen molar-refractivity contribution in [1.29, 1.82) is 0 Å². The van der Waals surface area contributed by atoms with E-state index in [4.69, 9.17) is 0 Å². The molecule has 0 bridgehead atoms. The lowest BCUT2D eigenvalue weighted by Gasteiger charge is -2.35. The smallest absolute Gasteiger partial charge is 0.150 e. The Labute approximate surface area is 89.8 Å². The molecule has 2 fully saturated rings. The van der Waals surface area contributed by atoms with Crippen LogP contribution in [0.4, 0.5) is 4.39 Å². The Kier molecular flexibility index (Phi) is 3.44. The molecule has 0 saturated carbocycles. The maximum absolute atomic E-state index is 13.5. The fraction of sp³-hybridized carbons (Fsp3) is 1.00. The van der Waals surface area contributed by atoms with Crippen LogP contribution in [0.3, 0.4) is 0 Å². The number of sulfone groups is 1. The first-order valence-electron chi connectivity index (χ1n) is 4.64. The van der Waals surface area contributed by atoms with Crippen LogP contribution in [-0.4, -0.2) is 38.2 Å². The van der Waals surface area contributed by atoms with Crippen molar-refractivity contribution in [1.82, 2.24) is 5.32 Å². The maximum atomic E-state index is 13.5. The zero-order chi connectivity index (χ0) is 9.53. The van der Waals surface area contributed by atoms with Crippen LogP contribution >= 0.6 is 12.4 Å². The summed E-state index contributed by atoms with van der Waals surface area (Å²) >= 11 is 0. The highest BCUT2D eigenvalue weighted by Crippen LogP contribution is 2.33. The predicted octanol–water partition coefficient (Wildman–Crippen LogP) is 0.687. The average molecular weight is 244 g/mol. The number of nitrogens with one attached hydrogen (secondary N) is 1. The van der Waals surface area contributed by atoms with E-state index in [1.807, 2.05) is 0 Å². The zero-order valence-electron chi connectivity index (χ0n) is 7.83. The van der Waals surface area contributed by atoms with Crippen LogP contribution in [0.2, 0.25) is 0 Å². The quantitative estimate of drug-likeness (QED) is 0.681. The van der Waals surface area contributed by atoms with E-state index in [0.717, 1.165) is 0 Å². The summed E-state index contributed by atoms with van der Waals surface area (Å²) in [6.07, 6.45) is 0.551. The van der Waals surface area contributed by atoms with Crippen LogP contribution in [0.25, 0.3) is 0 Å². The molecule has 3 nitrogen and oxygen atoms in total. The third-order valence-electron chi connectivity index (χ3n) is 3.19. The van der Waals surface area contributed by atoms with Crippen LogP contribution in [0.1, 0.15) is 19.3 Å². The second-order valence-electron chi connectivity index (χ2n) is 3.99. The Bertz CT molecular complexity index is 292. The molecule has 1 atom stereocenters. The molecular formula is C8H15ClFNO2S. The van der Waals surface area contributed by atoms with E-state index in [9.17, 15) is 12.8 Å². The molecule has 0 radical (unpaired) electrons. The van der Waals surface area contributed by atoms with Crippen molar-refractivity contribution in [3.8, 4) is 0 Å². The molecule has 1 unspecified atom stereocenters. The summed E-state index contributed by atoms with van der Waals surface area (Å²) in [6.45, 7) is 0.682. The van der Waals surface area contributed by atoms with Gasteiger partial charge in [-0.3, -0.25) is 0 Å². The first kappa shape index (κ1) is 12.2. The van der Waals surface area contributed by atoms with Gasteiger partial charge in [-0.2, -0.15) is 0 Å². The van der Waals surface area contributed by atoms with Gasteiger partial charge in [0.05, 0.1) is 17.0 Å². The van der Waals surface area contributed by atoms with Crippen LogP contribution in [0.15, 0.2) is 0 Å². The van der Waals surface area contributed by atoms with Crippen molar-refractivity contribution < 1.29 is 12.8 Å². The molecule has 2 rings (SSSR count). The van der Waals surface area contributed by atoms with Gasteiger partial charge in [0.15, 0.2) is 0 Å². The summed E-state index contributed by atoms with van der Waals surface area (Å²) in [7, 11) is -2.88. The van der Waals surface area contributed by atoms with Crippen molar-refractivity contribution >= 4 is 22.2 Å². The second kappa shape index (κ2) is 3.94. The number of rotatable bonds is 0. The molecule has 1 N–H and O–H groups in total. The Hall–Kier alpha value is 0.130. The third kappa shape index (κ3) is 2.04. The van der Waals surface area contributed by atoms with Crippen LogP contribution in [0.5, 0.6) is 0 Å². The van der Waals surface area contributed by atoms with E-state index in [1.54, 1.807) is 0 Å². The zero-order valence-corrected chi connectivity index (χ0v) is 9.46. The number of hydrogen-bond acceptors (Lipinski definition) is 3. The highest BCUT2D eigenvalue weighted by atomic mass is 35.5. The fourth-order valence-electron chi connectivity index (χ4n) is 2.23. The first-order chi connectivity index (χ1) is 6.04. The van der Waals surface area contributed by atoms with Crippen LogP contribution in [-0.2, 0) is 9.84 Å². The minimum atomic E-state index is -2.88. The van der Waals surface area contributed by atoms with E-state index in [1.165, 1.54) is 0 Å². The Balaban J connectivity index is 0.000000980. The summed E-state index contributed by atoms with van der Waals surface area (Å²) in [4.78, 5) is 0. The second-order valence-corrected chi connectivity index (χ2v) is 6.29. The summed E-state index contributed by atoms with van der Waals surface area (Å²) in [6, 6.07) is 0. The van der Waals surface area contributed by atoms with E-state index >= 15 is 0 Å². The molecule has 0 aromatic carbocycles. The van der Waals surface area contributed by atoms with Crippen molar-refractivity contribution in [2.45, 2.75) is 31.0 Å². The Morgan fingerprint density at radius 3 is 2.29 bits per heavy atom. The molecule has 2 saturated heterocycles. The topological polar surface area (TPSA) is 46.2 Å². The van der Waals surface area contributed by atoms with Gasteiger partial charge in [0, 0.05) is 0 Å². The minimum Gasteiger partial charge on any atom is -0.308 e. The minimum absolute atomic E-state index is 0. The van der Waals surface area contributed by atoms with Gasteiger partial charge in [-0.15, -0.1) is 12.4 Å². The molecule has 2 aliphatic heterocycles. The van der Waals surface area contributed by atoms with Gasteiger partial charge in [-0.1, -0.05) is 0 Å². The predicted molar refractivity (Wildman–Crippen MR) is 55.4 cm³/mol. The number of hydrogen-bond donors (Lipinski definition) is 1. The molecule has 2 aliphatic rings. The monoisotopic (exact) mass is 243 g/mol. The molecule has 0 aliphatic carbocycles. The van der Waals surface area contributed by atoms with Gasteiger partial charge in [0.1, 0.15) is 16.0 Å². The van der Waals surface area contributed by atoms with Gasteiger partial charge in [-0.05, 0) is 25.8 Å². The average Bonchev–Trinajstić information content (AvgIpc) is 2.41. The molecule has 0 aromatic rings. The van der Waals surface area contributed by atoms with E-state index in [2.05, 4.69) is 5.32 Å². The summed E-state index contributed by atoms with van der Waals surface area (Å²) in [5, 5.41) is 3.12. The maximum Gasteiger partial charge on any atom is 0.150 e. The van der Waals surface area contributed by atoms with Crippen LogP contribution < -0.4 is 5.32 Å². The Morgan fingerprint density at radius 2 is 1.86 bits per heavy atom. The molecule has 1 spiro atoms. The van der Waals surface area contributed by atoms with E-state index in [-0.39, 0.29) is 23.9 Å². The summed E-state index contributed by atoms with van der Waals surface area (Å²) in [5.41, 5.74) is -0.509. The molecule has 6 heteroatoms. The summed E-state index contributed by atoms with van der Waals surface area (Å²) < 4.78 is 35.8. The van der Waals surface area contributed by atoms with Gasteiger partial charge in [0.25, 0.3) is 0 Å². The lowest BCUT2D eigenvalue weighted by molar-refractivity contribution is 0.185. The van der Waals surface area contributed by atoms with Crippen molar-refractivity contribution in [2.75, 3.05) is 18.1 Å². The van der Waals surface area contributed by atoms with E-state index in [0.29, 0.717) is 25.8 Å². The van der Waals surface area contributed by atoms with Gasteiger partial charge >= 0.3 is 0 Å². The molecule has 0 aromatic heterocycles. The van der Waals surface area contributed by atoms with Gasteiger partial charge in [0.2, 0.25) is 0 Å². The molecular weight excluding hydrogens is 229 g/mol. The molecule has 84 valence electrons. The van der Waals surface area contributed by atoms with Crippen molar-refractivity contribution in [3.05, 3.63) is 0 Å². The highest BCUT2D eigenvalue weighted by molar-refractivity contribution is 7.91. The van der Waals surface area contributed by atoms with Crippen molar-refractivity contribution in [3.63, 3.8) is 0 Å². The highest BCUT2D eigenvalue weighted by Gasteiger charge is 2.46. The standard InChI is InChI=1S/C8H14FNO2S.ClH/c9-7-1-4-10-8(7)2-5-13(11,12)6-3-8;/h7,10H,1-6H2;1H. The third-order valence-corrected chi connectivity index (χ3v) is 4.85. The lowest BCUT2D eigenvalue weighted by Crippen LogP contribution is -2.51. The van der Waals surface area contributed by atoms with E-state index < -0.39 is 21.5 Å². The normalized spacial score (nSPS) is 33.9. The Morgan fingerprint density at radius 1 is 1.29 bits per heavy atom. The van der Waals surface area contributed by atoms with Gasteiger partial charge < -0.3 is 5.32 Å². The molecule has 2 heterocycles. The van der Waals surface area contributed by atoms with Crippen LogP contribution in [0, 0.1) is 0 Å². The fourth-order valence-corrected chi connectivity index (χ4v) is 3.78.